The number of hydrogen-bond acceptors (Lipinski definition) is 5. The molecule has 1 spiro atoms. The van der Waals surface area contributed by atoms with E-state index >= 15 is 0 Å². The molecule has 1 atom stereocenters. The molecule has 1 aliphatic carbocycles. The van der Waals surface area contributed by atoms with Crippen LogP contribution in [0, 0.1) is 6.92 Å². The van der Waals surface area contributed by atoms with Gasteiger partial charge in [-0.05, 0) is 63.9 Å². The lowest BCUT2D eigenvalue weighted by Crippen LogP contribution is -2.50. The molecule has 1 unspecified atom stereocenters. The van der Waals surface area contributed by atoms with Crippen LogP contribution < -0.4 is 5.32 Å². The molecular formula is C20H31N3O2. The largest absolute Gasteiger partial charge is 0.381 e. The van der Waals surface area contributed by atoms with Crippen molar-refractivity contribution in [2.75, 3.05) is 26.4 Å². The van der Waals surface area contributed by atoms with Crippen molar-refractivity contribution in [3.8, 4) is 0 Å². The smallest absolute Gasteiger partial charge is 0.130 e. The molecule has 0 bridgehead atoms. The second-order valence-corrected chi connectivity index (χ2v) is 7.90. The Morgan fingerprint density at radius 3 is 2.84 bits per heavy atom. The molecule has 2 aliphatic heterocycles. The predicted molar refractivity (Wildman–Crippen MR) is 96.9 cm³/mol. The molecule has 138 valence electrons. The van der Waals surface area contributed by atoms with Crippen LogP contribution in [0.1, 0.15) is 61.3 Å². The zero-order valence-electron chi connectivity index (χ0n) is 15.5. The summed E-state index contributed by atoms with van der Waals surface area (Å²) in [4.78, 5) is 9.61. The summed E-state index contributed by atoms with van der Waals surface area (Å²) in [5.74, 6) is 1.01. The fraction of sp³-hybridized carbons (Fsp3) is 0.800. The van der Waals surface area contributed by atoms with Crippen molar-refractivity contribution in [2.45, 2.75) is 76.4 Å². The first-order valence-corrected chi connectivity index (χ1v) is 10.0. The van der Waals surface area contributed by atoms with Crippen LogP contribution in [0.5, 0.6) is 0 Å². The second-order valence-electron chi connectivity index (χ2n) is 7.90. The fourth-order valence-corrected chi connectivity index (χ4v) is 4.64. The van der Waals surface area contributed by atoms with Gasteiger partial charge in [0.05, 0.1) is 5.60 Å². The van der Waals surface area contributed by atoms with Gasteiger partial charge < -0.3 is 14.8 Å². The fourth-order valence-electron chi connectivity index (χ4n) is 4.64. The lowest BCUT2D eigenvalue weighted by atomic mass is 9.84. The van der Waals surface area contributed by atoms with Crippen LogP contribution >= 0.6 is 0 Å². The minimum Gasteiger partial charge on any atom is -0.381 e. The molecule has 3 aliphatic rings. The van der Waals surface area contributed by atoms with Crippen molar-refractivity contribution >= 4 is 0 Å². The van der Waals surface area contributed by atoms with Gasteiger partial charge in [0.25, 0.3) is 0 Å². The van der Waals surface area contributed by atoms with E-state index in [1.165, 1.54) is 29.8 Å². The predicted octanol–water partition coefficient (Wildman–Crippen LogP) is 2.52. The third kappa shape index (κ3) is 4.04. The van der Waals surface area contributed by atoms with Crippen molar-refractivity contribution in [1.82, 2.24) is 15.3 Å². The lowest BCUT2D eigenvalue weighted by Gasteiger charge is -2.43. The van der Waals surface area contributed by atoms with Gasteiger partial charge in [-0.15, -0.1) is 0 Å². The van der Waals surface area contributed by atoms with Crippen LogP contribution in [-0.2, 0) is 28.7 Å². The number of aryl methyl sites for hydroxylation is 2. The van der Waals surface area contributed by atoms with Crippen LogP contribution in [0.25, 0.3) is 0 Å². The first kappa shape index (κ1) is 17.4. The molecule has 3 heterocycles. The average molecular weight is 345 g/mol. The van der Waals surface area contributed by atoms with Crippen molar-refractivity contribution in [3.05, 3.63) is 22.8 Å². The third-order valence-electron chi connectivity index (χ3n) is 6.11. The quantitative estimate of drug-likeness (QED) is 0.909. The minimum absolute atomic E-state index is 0.0626. The number of aromatic nitrogens is 2. The molecule has 25 heavy (non-hydrogen) atoms. The Morgan fingerprint density at radius 2 is 1.96 bits per heavy atom. The Kier molecular flexibility index (Phi) is 5.34. The number of nitrogens with one attached hydrogen (secondary N) is 1. The van der Waals surface area contributed by atoms with Gasteiger partial charge in [0.2, 0.25) is 0 Å². The molecule has 1 aromatic rings. The summed E-state index contributed by atoms with van der Waals surface area (Å²) < 4.78 is 11.6. The van der Waals surface area contributed by atoms with Gasteiger partial charge in [0, 0.05) is 50.2 Å². The number of nitrogens with zero attached hydrogens (tertiary/aromatic N) is 2. The maximum Gasteiger partial charge on any atom is 0.130 e. The Labute approximate surface area is 150 Å². The third-order valence-corrected chi connectivity index (χ3v) is 6.11. The molecule has 0 aromatic carbocycles. The summed E-state index contributed by atoms with van der Waals surface area (Å²) in [5.41, 5.74) is 3.98. The van der Waals surface area contributed by atoms with Crippen LogP contribution in [0.15, 0.2) is 0 Å². The van der Waals surface area contributed by atoms with Crippen LogP contribution in [0.3, 0.4) is 0 Å². The summed E-state index contributed by atoms with van der Waals surface area (Å²) in [6.45, 7) is 5.65. The highest BCUT2D eigenvalue weighted by atomic mass is 16.5. The van der Waals surface area contributed by atoms with Gasteiger partial charge in [-0.1, -0.05) is 0 Å². The molecule has 0 saturated carbocycles. The summed E-state index contributed by atoms with van der Waals surface area (Å²) in [7, 11) is 0. The first-order chi connectivity index (χ1) is 12.2. The van der Waals surface area contributed by atoms with E-state index < -0.39 is 0 Å². The molecule has 2 saturated heterocycles. The number of hydrogen-bond donors (Lipinski definition) is 1. The number of fused-ring (bicyclic) bond motifs is 1. The molecule has 1 N–H and O–H groups in total. The number of ether oxygens (including phenoxy) is 2. The van der Waals surface area contributed by atoms with E-state index in [2.05, 4.69) is 12.2 Å². The molecule has 5 heteroatoms. The normalized spacial score (nSPS) is 25.7. The van der Waals surface area contributed by atoms with E-state index in [9.17, 15) is 0 Å². The zero-order chi connectivity index (χ0) is 17.1. The van der Waals surface area contributed by atoms with E-state index in [1.54, 1.807) is 0 Å². The van der Waals surface area contributed by atoms with Gasteiger partial charge in [0.15, 0.2) is 0 Å². The monoisotopic (exact) mass is 345 g/mol. The van der Waals surface area contributed by atoms with Crippen LogP contribution in [0.4, 0.5) is 0 Å². The minimum atomic E-state index is 0.0626. The Hall–Kier alpha value is -1.04. The first-order valence-electron chi connectivity index (χ1n) is 10.0. The molecular weight excluding hydrogens is 314 g/mol. The van der Waals surface area contributed by atoms with Crippen LogP contribution in [-0.4, -0.2) is 48.0 Å². The van der Waals surface area contributed by atoms with Gasteiger partial charge in [-0.2, -0.15) is 0 Å². The molecule has 0 radical (unpaired) electrons. The highest BCUT2D eigenvalue weighted by Crippen LogP contribution is 2.34. The highest BCUT2D eigenvalue weighted by molar-refractivity contribution is 5.27. The SMILES string of the molecule is Cc1nc(CCNC2CCOC3(CCOCC3)C2)nc2c1CCCC2. The van der Waals surface area contributed by atoms with Crippen molar-refractivity contribution in [1.29, 1.82) is 0 Å². The highest BCUT2D eigenvalue weighted by Gasteiger charge is 2.38. The maximum absolute atomic E-state index is 6.13. The van der Waals surface area contributed by atoms with Gasteiger partial charge in [0.1, 0.15) is 5.82 Å². The molecule has 1 aromatic heterocycles. The second kappa shape index (κ2) is 7.68. The number of rotatable bonds is 4. The lowest BCUT2D eigenvalue weighted by molar-refractivity contribution is -0.140. The van der Waals surface area contributed by atoms with E-state index in [0.29, 0.717) is 6.04 Å². The molecule has 0 amide bonds. The van der Waals surface area contributed by atoms with Gasteiger partial charge in [-0.3, -0.25) is 0 Å². The maximum atomic E-state index is 6.13. The molecule has 5 nitrogen and oxygen atoms in total. The van der Waals surface area contributed by atoms with Crippen molar-refractivity contribution in [3.63, 3.8) is 0 Å². The Bertz CT molecular complexity index is 593. The van der Waals surface area contributed by atoms with Crippen molar-refractivity contribution < 1.29 is 9.47 Å². The summed E-state index contributed by atoms with van der Waals surface area (Å²) in [6.07, 6.45) is 10.1. The topological polar surface area (TPSA) is 56.3 Å². The Morgan fingerprint density at radius 1 is 1.12 bits per heavy atom. The molecule has 4 rings (SSSR count). The zero-order valence-corrected chi connectivity index (χ0v) is 15.5. The van der Waals surface area contributed by atoms with Crippen molar-refractivity contribution in [2.24, 2.45) is 0 Å². The summed E-state index contributed by atoms with van der Waals surface area (Å²) >= 11 is 0. The van der Waals surface area contributed by atoms with Gasteiger partial charge >= 0.3 is 0 Å². The van der Waals surface area contributed by atoms with E-state index in [1.807, 2.05) is 0 Å². The average Bonchev–Trinajstić information content (AvgIpc) is 2.63. The standard InChI is InChI=1S/C20H31N3O2/c1-15-17-4-2-3-5-18(17)23-19(22-15)6-10-21-16-7-11-25-20(14-16)8-12-24-13-9-20/h16,21H,2-14H2,1H3. The van der Waals surface area contributed by atoms with E-state index in [0.717, 1.165) is 77.1 Å². The molecule has 2 fully saturated rings. The van der Waals surface area contributed by atoms with E-state index in [4.69, 9.17) is 19.4 Å². The summed E-state index contributed by atoms with van der Waals surface area (Å²) in [6, 6.07) is 0.547. The summed E-state index contributed by atoms with van der Waals surface area (Å²) in [5, 5.41) is 3.74. The van der Waals surface area contributed by atoms with Gasteiger partial charge in [-0.25, -0.2) is 9.97 Å². The Balaban J connectivity index is 1.31. The van der Waals surface area contributed by atoms with E-state index in [-0.39, 0.29) is 5.60 Å². The van der Waals surface area contributed by atoms with Crippen LogP contribution in [0.2, 0.25) is 0 Å².